The smallest absolute Gasteiger partial charge is 0.416 e. The lowest BCUT2D eigenvalue weighted by Crippen LogP contribution is -2.20. The van der Waals surface area contributed by atoms with Crippen LogP contribution in [0.3, 0.4) is 0 Å². The number of alkyl halides is 3. The van der Waals surface area contributed by atoms with E-state index >= 15 is 0 Å². The monoisotopic (exact) mass is 268 g/mol. The van der Waals surface area contributed by atoms with Crippen LogP contribution in [0.25, 0.3) is 0 Å². The predicted molar refractivity (Wildman–Crippen MR) is 57.9 cm³/mol. The molecule has 0 radical (unpaired) electrons. The van der Waals surface area contributed by atoms with Crippen LogP contribution in [-0.4, -0.2) is 27.2 Å². The van der Waals surface area contributed by atoms with Gasteiger partial charge in [0.25, 0.3) is 0 Å². The summed E-state index contributed by atoms with van der Waals surface area (Å²) in [5.41, 5.74) is -1.19. The fraction of sp³-hybridized carbons (Fsp3) is 0.400. The molecule has 0 aliphatic rings. The van der Waals surface area contributed by atoms with Crippen molar-refractivity contribution in [2.45, 2.75) is 18.4 Å². The zero-order chi connectivity index (χ0) is 13.2. The van der Waals surface area contributed by atoms with Crippen molar-refractivity contribution in [3.8, 4) is 5.75 Å². The summed E-state index contributed by atoms with van der Waals surface area (Å²) in [5.74, 6) is -0.796. The quantitative estimate of drug-likeness (QED) is 0.631. The van der Waals surface area contributed by atoms with Gasteiger partial charge in [-0.05, 0) is 12.1 Å². The molecule has 3 N–H and O–H groups in total. The number of aliphatic hydroxyl groups is 2. The molecular formula is C10H11F3O3S. The Morgan fingerprint density at radius 1 is 1.24 bits per heavy atom. The Balaban J connectivity index is 3.06. The first-order chi connectivity index (χ1) is 7.77. The molecule has 0 fully saturated rings. The second-order valence-electron chi connectivity index (χ2n) is 3.47. The lowest BCUT2D eigenvalue weighted by atomic mass is 10.0. The molecule has 96 valence electrons. The van der Waals surface area contributed by atoms with Crippen LogP contribution in [0.1, 0.15) is 17.2 Å². The maximum atomic E-state index is 12.3. The first kappa shape index (κ1) is 14.1. The number of phenolic OH excluding ortho intramolecular Hbond substituents is 1. The van der Waals surface area contributed by atoms with Gasteiger partial charge in [0.15, 0.2) is 0 Å². The summed E-state index contributed by atoms with van der Waals surface area (Å²) < 4.78 is 36.9. The highest BCUT2D eigenvalue weighted by Crippen LogP contribution is 2.35. The summed E-state index contributed by atoms with van der Waals surface area (Å²) in [6.07, 6.45) is -7.31. The van der Waals surface area contributed by atoms with E-state index in [1.165, 1.54) is 0 Å². The van der Waals surface area contributed by atoms with Gasteiger partial charge >= 0.3 is 6.18 Å². The maximum absolute atomic E-state index is 12.3. The third-order valence-electron chi connectivity index (χ3n) is 2.23. The molecular weight excluding hydrogens is 257 g/mol. The molecule has 3 nitrogen and oxygen atoms in total. The van der Waals surface area contributed by atoms with Gasteiger partial charge < -0.3 is 15.3 Å². The lowest BCUT2D eigenvalue weighted by Gasteiger charge is -2.18. The Labute approximate surface area is 101 Å². The molecule has 2 atom stereocenters. The van der Waals surface area contributed by atoms with Gasteiger partial charge in [0, 0.05) is 11.3 Å². The summed E-state index contributed by atoms with van der Waals surface area (Å²) in [7, 11) is 0. The van der Waals surface area contributed by atoms with E-state index in [-0.39, 0.29) is 11.3 Å². The number of aliphatic hydroxyl groups excluding tert-OH is 2. The van der Waals surface area contributed by atoms with Crippen molar-refractivity contribution in [1.82, 2.24) is 0 Å². The molecule has 0 saturated heterocycles. The number of aromatic hydroxyl groups is 1. The van der Waals surface area contributed by atoms with Crippen LogP contribution in [-0.2, 0) is 6.18 Å². The van der Waals surface area contributed by atoms with Crippen molar-refractivity contribution in [3.63, 3.8) is 0 Å². The number of rotatable bonds is 3. The second-order valence-corrected chi connectivity index (χ2v) is 3.83. The van der Waals surface area contributed by atoms with E-state index in [9.17, 15) is 28.5 Å². The lowest BCUT2D eigenvalue weighted by molar-refractivity contribution is -0.137. The number of benzene rings is 1. The molecule has 0 heterocycles. The number of hydrogen-bond donors (Lipinski definition) is 4. The van der Waals surface area contributed by atoms with Gasteiger partial charge in [-0.2, -0.15) is 25.8 Å². The summed E-state index contributed by atoms with van der Waals surface area (Å²) in [5, 5.41) is 28.2. The van der Waals surface area contributed by atoms with E-state index in [2.05, 4.69) is 12.6 Å². The van der Waals surface area contributed by atoms with Crippen molar-refractivity contribution >= 4 is 12.6 Å². The van der Waals surface area contributed by atoms with E-state index in [4.69, 9.17) is 0 Å². The zero-order valence-corrected chi connectivity index (χ0v) is 9.41. The molecule has 0 aromatic heterocycles. The highest BCUT2D eigenvalue weighted by molar-refractivity contribution is 7.80. The molecule has 0 bridgehead atoms. The fourth-order valence-electron chi connectivity index (χ4n) is 1.28. The summed E-state index contributed by atoms with van der Waals surface area (Å²) in [6, 6.07) is 2.16. The largest absolute Gasteiger partial charge is 0.508 e. The van der Waals surface area contributed by atoms with Crippen LogP contribution in [0.4, 0.5) is 13.2 Å². The second kappa shape index (κ2) is 5.16. The summed E-state index contributed by atoms with van der Waals surface area (Å²) >= 11 is 3.73. The van der Waals surface area contributed by atoms with Crippen molar-refractivity contribution in [2.24, 2.45) is 0 Å². The normalized spacial score (nSPS) is 15.6. The Bertz CT molecular complexity index is 395. The minimum absolute atomic E-state index is 0.0817. The first-order valence-electron chi connectivity index (χ1n) is 4.64. The Kier molecular flexibility index (Phi) is 4.29. The van der Waals surface area contributed by atoms with Gasteiger partial charge in [0.05, 0.1) is 11.7 Å². The van der Waals surface area contributed by atoms with Crippen LogP contribution >= 0.6 is 12.6 Å². The van der Waals surface area contributed by atoms with Crippen molar-refractivity contribution in [2.75, 3.05) is 5.75 Å². The number of hydrogen-bond acceptors (Lipinski definition) is 4. The minimum Gasteiger partial charge on any atom is -0.508 e. The molecule has 2 unspecified atom stereocenters. The predicted octanol–water partition coefficient (Wildman–Crippen LogP) is 1.74. The number of phenols is 1. The van der Waals surface area contributed by atoms with E-state index in [1.807, 2.05) is 0 Å². The molecule has 0 aliphatic carbocycles. The average Bonchev–Trinajstić information content (AvgIpc) is 2.25. The van der Waals surface area contributed by atoms with Gasteiger partial charge in [0.1, 0.15) is 11.9 Å². The van der Waals surface area contributed by atoms with Crippen molar-refractivity contribution < 1.29 is 28.5 Å². The van der Waals surface area contributed by atoms with Crippen LogP contribution in [0.15, 0.2) is 18.2 Å². The molecule has 1 aromatic carbocycles. The minimum atomic E-state index is -4.57. The summed E-state index contributed by atoms with van der Waals surface area (Å²) in [4.78, 5) is 0. The van der Waals surface area contributed by atoms with E-state index < -0.39 is 29.7 Å². The highest BCUT2D eigenvalue weighted by atomic mass is 32.1. The molecule has 1 aromatic rings. The van der Waals surface area contributed by atoms with Crippen LogP contribution in [0, 0.1) is 0 Å². The standard InChI is InChI=1S/C10H11F3O3S/c11-10(12,13)5-1-2-6(7(14)3-5)9(16)8(15)4-17/h1-3,8-9,14-17H,4H2. The SMILES string of the molecule is Oc1cc(C(F)(F)F)ccc1C(O)C(O)CS. The third kappa shape index (κ3) is 3.27. The first-order valence-corrected chi connectivity index (χ1v) is 5.27. The van der Waals surface area contributed by atoms with E-state index in [1.54, 1.807) is 0 Å². The Morgan fingerprint density at radius 2 is 1.82 bits per heavy atom. The third-order valence-corrected chi connectivity index (χ3v) is 2.60. The molecule has 0 amide bonds. The average molecular weight is 268 g/mol. The van der Waals surface area contributed by atoms with Gasteiger partial charge in [-0.25, -0.2) is 0 Å². The maximum Gasteiger partial charge on any atom is 0.416 e. The fourth-order valence-corrected chi connectivity index (χ4v) is 1.48. The van der Waals surface area contributed by atoms with Crippen molar-refractivity contribution in [3.05, 3.63) is 29.3 Å². The van der Waals surface area contributed by atoms with Gasteiger partial charge in [-0.1, -0.05) is 6.07 Å². The van der Waals surface area contributed by atoms with Gasteiger partial charge in [-0.15, -0.1) is 0 Å². The zero-order valence-electron chi connectivity index (χ0n) is 8.52. The molecule has 0 aliphatic heterocycles. The van der Waals surface area contributed by atoms with E-state index in [0.717, 1.165) is 12.1 Å². The highest BCUT2D eigenvalue weighted by Gasteiger charge is 2.32. The van der Waals surface area contributed by atoms with Gasteiger partial charge in [0.2, 0.25) is 0 Å². The molecule has 1 rings (SSSR count). The Hall–Kier alpha value is -0.920. The number of halogens is 3. The number of thiol groups is 1. The molecule has 17 heavy (non-hydrogen) atoms. The molecule has 0 spiro atoms. The Morgan fingerprint density at radius 3 is 2.24 bits per heavy atom. The van der Waals surface area contributed by atoms with Crippen LogP contribution in [0.2, 0.25) is 0 Å². The van der Waals surface area contributed by atoms with Crippen molar-refractivity contribution in [1.29, 1.82) is 0 Å². The van der Waals surface area contributed by atoms with Crippen LogP contribution < -0.4 is 0 Å². The topological polar surface area (TPSA) is 60.7 Å². The van der Waals surface area contributed by atoms with Crippen LogP contribution in [0.5, 0.6) is 5.75 Å². The van der Waals surface area contributed by atoms with E-state index in [0.29, 0.717) is 6.07 Å². The molecule has 0 saturated carbocycles. The van der Waals surface area contributed by atoms with Gasteiger partial charge in [-0.3, -0.25) is 0 Å². The molecule has 7 heteroatoms. The summed E-state index contributed by atoms with van der Waals surface area (Å²) in [6.45, 7) is 0.